The first kappa shape index (κ1) is 25.8. The maximum atomic E-state index is 6.46. The predicted molar refractivity (Wildman–Crippen MR) is 151 cm³/mol. The van der Waals surface area contributed by atoms with E-state index in [-0.39, 0.29) is 26.5 Å². The summed E-state index contributed by atoms with van der Waals surface area (Å²) in [6.45, 7) is 6.62. The molecule has 0 bridgehead atoms. The standard InChI is InChI=1S/C34H26N2O.Pt/c1-34(2,3)27-16-18-35-31(22-27)26-19-24-10-5-6-13-29(24)32(21-26)37-28-12-8-11-25(20-28)33-30-14-7-4-9-23(30)15-17-36-33;/h4-19,22H,1-3H3;/q-2;+2. The fraction of sp³-hybridized carbons (Fsp3) is 0.118. The van der Waals surface area contributed by atoms with E-state index in [0.29, 0.717) is 11.5 Å². The Hall–Kier alpha value is -3.81. The van der Waals surface area contributed by atoms with Gasteiger partial charge in [0.1, 0.15) is 0 Å². The fourth-order valence-corrected chi connectivity index (χ4v) is 4.56. The van der Waals surface area contributed by atoms with Crippen molar-refractivity contribution in [3.05, 3.63) is 121 Å². The molecule has 0 unspecified atom stereocenters. The minimum atomic E-state index is 0. The van der Waals surface area contributed by atoms with Gasteiger partial charge in [0.25, 0.3) is 0 Å². The van der Waals surface area contributed by atoms with Gasteiger partial charge in [0.2, 0.25) is 0 Å². The van der Waals surface area contributed by atoms with Gasteiger partial charge in [-0.05, 0) is 45.3 Å². The van der Waals surface area contributed by atoms with Crippen LogP contribution in [0.1, 0.15) is 26.3 Å². The summed E-state index contributed by atoms with van der Waals surface area (Å²) in [5.41, 5.74) is 4.79. The van der Waals surface area contributed by atoms with Crippen LogP contribution in [0.4, 0.5) is 0 Å². The molecule has 4 aromatic carbocycles. The zero-order valence-electron chi connectivity index (χ0n) is 21.4. The number of rotatable bonds is 4. The van der Waals surface area contributed by atoms with Gasteiger partial charge in [0.15, 0.2) is 0 Å². The van der Waals surface area contributed by atoms with Gasteiger partial charge in [-0.1, -0.05) is 98.3 Å². The van der Waals surface area contributed by atoms with Gasteiger partial charge in [-0.25, -0.2) is 0 Å². The number of pyridine rings is 2. The first-order valence-corrected chi connectivity index (χ1v) is 12.4. The largest absolute Gasteiger partial charge is 2.00 e. The minimum absolute atomic E-state index is 0. The van der Waals surface area contributed by atoms with E-state index in [1.807, 2.05) is 60.9 Å². The van der Waals surface area contributed by atoms with Crippen molar-refractivity contribution in [2.24, 2.45) is 0 Å². The second kappa shape index (κ2) is 10.5. The molecule has 188 valence electrons. The van der Waals surface area contributed by atoms with E-state index in [9.17, 15) is 0 Å². The van der Waals surface area contributed by atoms with Crippen molar-refractivity contribution in [1.29, 1.82) is 0 Å². The monoisotopic (exact) mass is 673 g/mol. The van der Waals surface area contributed by atoms with Gasteiger partial charge in [-0.2, -0.15) is 0 Å². The molecule has 0 amide bonds. The molecule has 38 heavy (non-hydrogen) atoms. The SMILES string of the molecule is CC(C)(C)c1ccnc(-c2[c-]c(Oc3[c-]c(-c4nccc5ccccc45)ccc3)c3ccccc3c2)c1.[Pt+2]. The van der Waals surface area contributed by atoms with Crippen LogP contribution in [0.15, 0.2) is 103 Å². The number of fused-ring (bicyclic) bond motifs is 2. The Morgan fingerprint density at radius 1 is 0.658 bits per heavy atom. The summed E-state index contributed by atoms with van der Waals surface area (Å²) in [6, 6.07) is 37.6. The van der Waals surface area contributed by atoms with E-state index in [1.165, 1.54) is 5.56 Å². The molecule has 0 N–H and O–H groups in total. The molecule has 0 aliphatic heterocycles. The van der Waals surface area contributed by atoms with Crippen molar-refractivity contribution in [2.45, 2.75) is 26.2 Å². The van der Waals surface area contributed by atoms with Crippen LogP contribution in [0.5, 0.6) is 11.5 Å². The normalized spacial score (nSPS) is 11.3. The molecule has 3 nitrogen and oxygen atoms in total. The van der Waals surface area contributed by atoms with Gasteiger partial charge in [0.05, 0.1) is 5.75 Å². The first-order valence-electron chi connectivity index (χ1n) is 12.4. The van der Waals surface area contributed by atoms with E-state index < -0.39 is 0 Å². The maximum absolute atomic E-state index is 6.46. The van der Waals surface area contributed by atoms with E-state index in [2.05, 4.69) is 85.3 Å². The molecule has 0 saturated carbocycles. The number of nitrogens with zero attached hydrogens (tertiary/aromatic N) is 2. The Kier molecular flexibility index (Phi) is 7.14. The van der Waals surface area contributed by atoms with Crippen LogP contribution < -0.4 is 4.74 Å². The molecule has 0 spiro atoms. The average Bonchev–Trinajstić information content (AvgIpc) is 2.92. The number of hydrogen-bond acceptors (Lipinski definition) is 3. The molecule has 0 saturated heterocycles. The Morgan fingerprint density at radius 3 is 2.21 bits per heavy atom. The molecule has 6 aromatic rings. The number of hydrogen-bond donors (Lipinski definition) is 0. The molecule has 6 rings (SSSR count). The number of benzene rings is 4. The van der Waals surface area contributed by atoms with Gasteiger partial charge >= 0.3 is 21.1 Å². The van der Waals surface area contributed by atoms with Crippen LogP contribution in [0.3, 0.4) is 0 Å². The van der Waals surface area contributed by atoms with Gasteiger partial charge in [0, 0.05) is 18.1 Å². The van der Waals surface area contributed by atoms with E-state index in [0.717, 1.165) is 44.1 Å². The van der Waals surface area contributed by atoms with Gasteiger partial charge in [-0.15, -0.1) is 35.4 Å². The maximum Gasteiger partial charge on any atom is 2.00 e. The van der Waals surface area contributed by atoms with Crippen molar-refractivity contribution >= 4 is 21.5 Å². The summed E-state index contributed by atoms with van der Waals surface area (Å²) in [5, 5.41) is 4.29. The van der Waals surface area contributed by atoms with E-state index >= 15 is 0 Å². The molecule has 0 atom stereocenters. The third-order valence-electron chi connectivity index (χ3n) is 6.56. The first-order chi connectivity index (χ1) is 18.0. The Balaban J connectivity index is 0.00000294. The quantitative estimate of drug-likeness (QED) is 0.176. The Labute approximate surface area is 237 Å². The molecule has 4 heteroatoms. The molecular formula is C34H26N2OPt. The smallest absolute Gasteiger partial charge is 0.496 e. The summed E-state index contributed by atoms with van der Waals surface area (Å²) >= 11 is 0. The van der Waals surface area contributed by atoms with Crippen molar-refractivity contribution in [1.82, 2.24) is 9.97 Å². The van der Waals surface area contributed by atoms with Crippen LogP contribution in [0, 0.1) is 12.1 Å². The molecule has 0 radical (unpaired) electrons. The van der Waals surface area contributed by atoms with Gasteiger partial charge in [-0.3, -0.25) is 0 Å². The van der Waals surface area contributed by atoms with Crippen LogP contribution in [-0.4, -0.2) is 9.97 Å². The summed E-state index contributed by atoms with van der Waals surface area (Å²) in [5.74, 6) is 1.26. The van der Waals surface area contributed by atoms with Crippen molar-refractivity contribution in [3.63, 3.8) is 0 Å². The zero-order valence-corrected chi connectivity index (χ0v) is 23.7. The topological polar surface area (TPSA) is 35.0 Å². The molecular weight excluding hydrogens is 647 g/mol. The summed E-state index contributed by atoms with van der Waals surface area (Å²) in [7, 11) is 0. The second-order valence-corrected chi connectivity index (χ2v) is 10.2. The third-order valence-corrected chi connectivity index (χ3v) is 6.56. The molecule has 0 aliphatic carbocycles. The van der Waals surface area contributed by atoms with E-state index in [4.69, 9.17) is 4.74 Å². The van der Waals surface area contributed by atoms with Crippen LogP contribution >= 0.6 is 0 Å². The second-order valence-electron chi connectivity index (χ2n) is 10.2. The van der Waals surface area contributed by atoms with Crippen LogP contribution in [0.2, 0.25) is 0 Å². The fourth-order valence-electron chi connectivity index (χ4n) is 4.56. The summed E-state index contributed by atoms with van der Waals surface area (Å²) < 4.78 is 6.46. The summed E-state index contributed by atoms with van der Waals surface area (Å²) in [6.07, 6.45) is 3.70. The van der Waals surface area contributed by atoms with Crippen LogP contribution in [0.25, 0.3) is 44.1 Å². The van der Waals surface area contributed by atoms with Crippen LogP contribution in [-0.2, 0) is 26.5 Å². The molecule has 0 fully saturated rings. The number of aromatic nitrogens is 2. The van der Waals surface area contributed by atoms with Crippen molar-refractivity contribution in [3.8, 4) is 34.0 Å². The predicted octanol–water partition coefficient (Wildman–Crippen LogP) is 8.80. The average molecular weight is 674 g/mol. The third kappa shape index (κ3) is 5.12. The minimum Gasteiger partial charge on any atom is -0.496 e. The molecule has 2 aromatic heterocycles. The summed E-state index contributed by atoms with van der Waals surface area (Å²) in [4.78, 5) is 9.31. The molecule has 2 heterocycles. The molecule has 0 aliphatic rings. The Morgan fingerprint density at radius 2 is 1.39 bits per heavy atom. The van der Waals surface area contributed by atoms with E-state index in [1.54, 1.807) is 0 Å². The Bertz CT molecular complexity index is 1750. The van der Waals surface area contributed by atoms with Gasteiger partial charge < -0.3 is 14.7 Å². The van der Waals surface area contributed by atoms with Crippen molar-refractivity contribution in [2.75, 3.05) is 0 Å². The zero-order chi connectivity index (χ0) is 25.4. The van der Waals surface area contributed by atoms with Crippen molar-refractivity contribution < 1.29 is 25.8 Å². The number of ether oxygens (including phenoxy) is 1.